The molecule has 1 aromatic heterocycles. The van der Waals surface area contributed by atoms with Gasteiger partial charge in [-0.25, -0.2) is 0 Å². The molecule has 0 aliphatic heterocycles. The predicted octanol–water partition coefficient (Wildman–Crippen LogP) is 2.03. The average molecular weight is 327 g/mol. The van der Waals surface area contributed by atoms with Crippen LogP contribution in [-0.4, -0.2) is 42.9 Å². The van der Waals surface area contributed by atoms with Crippen molar-refractivity contribution in [3.05, 3.63) is 29.3 Å². The molecule has 1 heterocycles. The lowest BCUT2D eigenvalue weighted by Crippen LogP contribution is -2.30. The van der Waals surface area contributed by atoms with E-state index in [2.05, 4.69) is 20.8 Å². The Morgan fingerprint density at radius 2 is 2.29 bits per heavy atom. The molecule has 8 heteroatoms. The van der Waals surface area contributed by atoms with Crippen LogP contribution in [0.15, 0.2) is 24.3 Å². The predicted molar refractivity (Wildman–Crippen MR) is 83.7 cm³/mol. The maximum atomic E-state index is 11.7. The molecule has 2 N–H and O–H groups in total. The number of amides is 1. The van der Waals surface area contributed by atoms with Gasteiger partial charge in [0.2, 0.25) is 11.0 Å². The summed E-state index contributed by atoms with van der Waals surface area (Å²) in [6.45, 7) is 1.38. The highest BCUT2D eigenvalue weighted by Gasteiger charge is 2.09. The zero-order chi connectivity index (χ0) is 15.1. The highest BCUT2D eigenvalue weighted by Crippen LogP contribution is 2.27. The number of halogens is 1. The van der Waals surface area contributed by atoms with E-state index in [9.17, 15) is 4.79 Å². The number of carbonyl (C=O) groups excluding carboxylic acids is 1. The first-order valence-electron chi connectivity index (χ1n) is 6.28. The van der Waals surface area contributed by atoms with Crippen LogP contribution in [0.25, 0.3) is 10.6 Å². The third kappa shape index (κ3) is 5.05. The smallest absolute Gasteiger partial charge is 0.240 e. The van der Waals surface area contributed by atoms with Gasteiger partial charge in [-0.2, -0.15) is 0 Å². The second-order valence-electron chi connectivity index (χ2n) is 4.14. The lowest BCUT2D eigenvalue weighted by Gasteiger charge is -2.03. The van der Waals surface area contributed by atoms with Crippen molar-refractivity contribution < 1.29 is 9.53 Å². The van der Waals surface area contributed by atoms with E-state index in [-0.39, 0.29) is 12.5 Å². The Bertz CT molecular complexity index is 605. The lowest BCUT2D eigenvalue weighted by atomic mass is 10.2. The molecule has 2 rings (SSSR count). The number of hydrogen-bond donors (Lipinski definition) is 2. The summed E-state index contributed by atoms with van der Waals surface area (Å²) < 4.78 is 4.88. The summed E-state index contributed by atoms with van der Waals surface area (Å²) in [5, 5.41) is 15.4. The van der Waals surface area contributed by atoms with Crippen LogP contribution in [0.5, 0.6) is 0 Å². The molecule has 0 bridgehead atoms. The van der Waals surface area contributed by atoms with Gasteiger partial charge < -0.3 is 10.1 Å². The number of anilines is 1. The second-order valence-corrected chi connectivity index (χ2v) is 5.55. The minimum Gasteiger partial charge on any atom is -0.383 e. The van der Waals surface area contributed by atoms with Crippen molar-refractivity contribution in [2.24, 2.45) is 0 Å². The van der Waals surface area contributed by atoms with Gasteiger partial charge in [0.1, 0.15) is 5.01 Å². The van der Waals surface area contributed by atoms with E-state index in [1.165, 1.54) is 11.3 Å². The van der Waals surface area contributed by atoms with Gasteiger partial charge in [0, 0.05) is 24.2 Å². The molecule has 0 aliphatic rings. The molecule has 21 heavy (non-hydrogen) atoms. The molecule has 1 aromatic carbocycles. The van der Waals surface area contributed by atoms with Crippen molar-refractivity contribution in [1.29, 1.82) is 0 Å². The molecular weight excluding hydrogens is 312 g/mol. The number of hydrogen-bond acceptors (Lipinski definition) is 6. The third-order valence-electron chi connectivity index (χ3n) is 2.51. The number of methoxy groups -OCH3 is 1. The summed E-state index contributed by atoms with van der Waals surface area (Å²) in [6, 6.07) is 7.34. The third-order valence-corrected chi connectivity index (χ3v) is 3.63. The Hall–Kier alpha value is -1.54. The Morgan fingerprint density at radius 1 is 1.43 bits per heavy atom. The Morgan fingerprint density at radius 3 is 3.05 bits per heavy atom. The highest BCUT2D eigenvalue weighted by atomic mass is 35.5. The van der Waals surface area contributed by atoms with Crippen molar-refractivity contribution >= 4 is 34.0 Å². The van der Waals surface area contributed by atoms with Crippen molar-refractivity contribution in [2.45, 2.75) is 0 Å². The maximum absolute atomic E-state index is 11.7. The molecule has 112 valence electrons. The molecule has 0 radical (unpaired) electrons. The molecule has 0 saturated carbocycles. The first-order chi connectivity index (χ1) is 10.2. The van der Waals surface area contributed by atoms with Crippen LogP contribution in [0.4, 0.5) is 5.13 Å². The first-order valence-corrected chi connectivity index (χ1v) is 7.47. The summed E-state index contributed by atoms with van der Waals surface area (Å²) in [4.78, 5) is 11.7. The summed E-state index contributed by atoms with van der Waals surface area (Å²) >= 11 is 7.24. The first kappa shape index (κ1) is 15.8. The summed E-state index contributed by atoms with van der Waals surface area (Å²) in [6.07, 6.45) is 0. The average Bonchev–Trinajstić information content (AvgIpc) is 2.92. The SMILES string of the molecule is COCCNCC(=O)Nc1nnc(-c2cccc(Cl)c2)s1. The standard InChI is InChI=1S/C13H15ClN4O2S/c1-20-6-5-15-8-11(19)16-13-18-17-12(21-13)9-3-2-4-10(14)7-9/h2-4,7,15H,5-6,8H2,1H3,(H,16,18,19). The number of carbonyl (C=O) groups is 1. The zero-order valence-corrected chi connectivity index (χ0v) is 13.0. The Labute approximate surface area is 131 Å². The number of nitrogens with zero attached hydrogens (tertiary/aromatic N) is 2. The molecule has 0 fully saturated rings. The van der Waals surface area contributed by atoms with Crippen molar-refractivity contribution in [3.8, 4) is 10.6 Å². The van der Waals surface area contributed by atoms with E-state index < -0.39 is 0 Å². The highest BCUT2D eigenvalue weighted by molar-refractivity contribution is 7.18. The van der Waals surface area contributed by atoms with Gasteiger partial charge in [0.15, 0.2) is 0 Å². The van der Waals surface area contributed by atoms with Gasteiger partial charge in [-0.05, 0) is 12.1 Å². The molecule has 0 saturated heterocycles. The second kappa shape index (κ2) is 8.04. The molecule has 0 spiro atoms. The molecule has 0 atom stereocenters. The Kier molecular flexibility index (Phi) is 6.06. The lowest BCUT2D eigenvalue weighted by molar-refractivity contribution is -0.115. The number of nitrogens with one attached hydrogen (secondary N) is 2. The zero-order valence-electron chi connectivity index (χ0n) is 11.4. The maximum Gasteiger partial charge on any atom is 0.240 e. The number of aromatic nitrogens is 2. The quantitative estimate of drug-likeness (QED) is 0.761. The van der Waals surface area contributed by atoms with Crippen molar-refractivity contribution in [2.75, 3.05) is 32.1 Å². The van der Waals surface area contributed by atoms with Crippen molar-refractivity contribution in [1.82, 2.24) is 15.5 Å². The molecule has 2 aromatic rings. The molecule has 6 nitrogen and oxygen atoms in total. The molecule has 0 unspecified atom stereocenters. The molecule has 1 amide bonds. The number of ether oxygens (including phenoxy) is 1. The van der Waals surface area contributed by atoms with Gasteiger partial charge in [-0.15, -0.1) is 10.2 Å². The minimum atomic E-state index is -0.167. The van der Waals surface area contributed by atoms with Gasteiger partial charge in [0.05, 0.1) is 13.2 Å². The van der Waals surface area contributed by atoms with Crippen LogP contribution in [-0.2, 0) is 9.53 Å². The fourth-order valence-corrected chi connectivity index (χ4v) is 2.50. The summed E-state index contributed by atoms with van der Waals surface area (Å²) in [7, 11) is 1.61. The molecule has 0 aliphatic carbocycles. The topological polar surface area (TPSA) is 76.1 Å². The van der Waals surface area contributed by atoms with Crippen LogP contribution in [0.2, 0.25) is 5.02 Å². The van der Waals surface area contributed by atoms with Crippen LogP contribution in [0, 0.1) is 0 Å². The minimum absolute atomic E-state index is 0.167. The summed E-state index contributed by atoms with van der Waals surface area (Å²) in [5.74, 6) is -0.167. The van der Waals surface area contributed by atoms with Gasteiger partial charge in [-0.1, -0.05) is 35.1 Å². The van der Waals surface area contributed by atoms with Crippen LogP contribution in [0.1, 0.15) is 0 Å². The monoisotopic (exact) mass is 326 g/mol. The van der Waals surface area contributed by atoms with Crippen molar-refractivity contribution in [3.63, 3.8) is 0 Å². The van der Waals surface area contributed by atoms with E-state index in [0.717, 1.165) is 5.56 Å². The summed E-state index contributed by atoms with van der Waals surface area (Å²) in [5.41, 5.74) is 0.874. The van der Waals surface area contributed by atoms with Crippen LogP contribution >= 0.6 is 22.9 Å². The Balaban J connectivity index is 1.90. The number of benzene rings is 1. The fourth-order valence-electron chi connectivity index (χ4n) is 1.55. The van der Waals surface area contributed by atoms with Crippen LogP contribution in [0.3, 0.4) is 0 Å². The fraction of sp³-hybridized carbons (Fsp3) is 0.308. The van der Waals surface area contributed by atoms with E-state index in [1.807, 2.05) is 12.1 Å². The normalized spacial score (nSPS) is 10.6. The van der Waals surface area contributed by atoms with Gasteiger partial charge >= 0.3 is 0 Å². The number of rotatable bonds is 7. The van der Waals surface area contributed by atoms with Crippen LogP contribution < -0.4 is 10.6 Å². The van der Waals surface area contributed by atoms with E-state index >= 15 is 0 Å². The van der Waals surface area contributed by atoms with Gasteiger partial charge in [-0.3, -0.25) is 10.1 Å². The molecular formula is C13H15ClN4O2S. The van der Waals surface area contributed by atoms with E-state index in [1.54, 1.807) is 19.2 Å². The van der Waals surface area contributed by atoms with E-state index in [0.29, 0.717) is 28.3 Å². The largest absolute Gasteiger partial charge is 0.383 e. The van der Waals surface area contributed by atoms with Gasteiger partial charge in [0.25, 0.3) is 0 Å². The van der Waals surface area contributed by atoms with E-state index in [4.69, 9.17) is 16.3 Å².